The summed E-state index contributed by atoms with van der Waals surface area (Å²) >= 11 is 0. The highest BCUT2D eigenvalue weighted by molar-refractivity contribution is 6.02. The van der Waals surface area contributed by atoms with Crippen molar-refractivity contribution in [2.45, 2.75) is 45.1 Å². The van der Waals surface area contributed by atoms with E-state index in [1.54, 1.807) is 21.5 Å². The number of ether oxygens (including phenoxy) is 1. The molecule has 1 aromatic heterocycles. The number of rotatable bonds is 4. The number of carbonyl (C=O) groups excluding carboxylic acids is 4. The Balaban J connectivity index is 1.35. The fourth-order valence-corrected chi connectivity index (χ4v) is 4.36. The number of imide groups is 1. The van der Waals surface area contributed by atoms with Crippen molar-refractivity contribution in [2.75, 3.05) is 38.0 Å². The lowest BCUT2D eigenvalue weighted by Crippen LogP contribution is -2.52. The number of anilines is 1. The highest BCUT2D eigenvalue weighted by Gasteiger charge is 2.32. The molecule has 11 heteroatoms. The van der Waals surface area contributed by atoms with Crippen molar-refractivity contribution < 1.29 is 23.9 Å². The molecule has 0 saturated carbocycles. The molecule has 1 aromatic carbocycles. The van der Waals surface area contributed by atoms with Gasteiger partial charge in [0.2, 0.25) is 17.7 Å². The minimum Gasteiger partial charge on any atom is -0.444 e. The number of fused-ring (bicyclic) bond motifs is 1. The normalized spacial score (nSPS) is 19.0. The molecule has 35 heavy (non-hydrogen) atoms. The molecule has 4 amide bonds. The number of nitrogens with zero attached hydrogens (tertiary/aromatic N) is 4. The number of hydrogen-bond acceptors (Lipinski definition) is 7. The molecular weight excluding hydrogens is 452 g/mol. The SMILES string of the molecule is Cn1nc(C2CCC(=O)NC2=O)c2ccc(NCC(=O)N3CCN(C(=O)OC(C)(C)C)CC3)cc21. The average molecular weight is 485 g/mol. The second-order valence-corrected chi connectivity index (χ2v) is 9.95. The van der Waals surface area contributed by atoms with Gasteiger partial charge < -0.3 is 19.9 Å². The Kier molecular flexibility index (Phi) is 6.68. The lowest BCUT2D eigenvalue weighted by atomic mass is 9.93. The number of nitrogens with one attached hydrogen (secondary N) is 2. The largest absolute Gasteiger partial charge is 0.444 e. The lowest BCUT2D eigenvalue weighted by Gasteiger charge is -2.35. The standard InChI is InChI=1S/C24H32N6O5/c1-24(2,3)35-23(34)30-11-9-29(10-12-30)20(32)14-25-15-5-6-16-18(13-15)28(4)27-21(16)17-7-8-19(31)26-22(17)33/h5-6,13,17,25H,7-12,14H2,1-4H3,(H,26,31,33). The molecule has 1 atom stereocenters. The number of amides is 4. The zero-order valence-corrected chi connectivity index (χ0v) is 20.6. The number of piperazine rings is 1. The molecule has 3 heterocycles. The van der Waals surface area contributed by atoms with E-state index < -0.39 is 11.5 Å². The van der Waals surface area contributed by atoms with Crippen LogP contribution in [0.3, 0.4) is 0 Å². The lowest BCUT2D eigenvalue weighted by molar-refractivity contribution is -0.134. The van der Waals surface area contributed by atoms with Crippen molar-refractivity contribution in [3.8, 4) is 0 Å². The van der Waals surface area contributed by atoms with E-state index in [1.165, 1.54) is 0 Å². The molecule has 2 aliphatic rings. The Morgan fingerprint density at radius 2 is 1.83 bits per heavy atom. The first-order valence-corrected chi connectivity index (χ1v) is 11.8. The van der Waals surface area contributed by atoms with Crippen LogP contribution in [-0.4, -0.2) is 81.7 Å². The maximum Gasteiger partial charge on any atom is 0.410 e. The van der Waals surface area contributed by atoms with Crippen LogP contribution >= 0.6 is 0 Å². The Morgan fingerprint density at radius 3 is 2.49 bits per heavy atom. The highest BCUT2D eigenvalue weighted by Crippen LogP contribution is 2.31. The van der Waals surface area contributed by atoms with E-state index in [0.717, 1.165) is 16.6 Å². The van der Waals surface area contributed by atoms with Crippen LogP contribution in [0.5, 0.6) is 0 Å². The van der Waals surface area contributed by atoms with E-state index in [9.17, 15) is 19.2 Å². The Morgan fingerprint density at radius 1 is 1.14 bits per heavy atom. The summed E-state index contributed by atoms with van der Waals surface area (Å²) in [6, 6.07) is 5.63. The summed E-state index contributed by atoms with van der Waals surface area (Å²) in [4.78, 5) is 52.1. The van der Waals surface area contributed by atoms with Gasteiger partial charge in [0.1, 0.15) is 5.60 Å². The average Bonchev–Trinajstić information content (AvgIpc) is 3.12. The minimum absolute atomic E-state index is 0.0526. The molecule has 2 fully saturated rings. The number of aryl methyl sites for hydroxylation is 1. The molecule has 2 aliphatic heterocycles. The maximum absolute atomic E-state index is 12.7. The zero-order chi connectivity index (χ0) is 25.3. The van der Waals surface area contributed by atoms with Gasteiger partial charge in [-0.2, -0.15) is 5.10 Å². The van der Waals surface area contributed by atoms with Crippen LogP contribution in [0.1, 0.15) is 45.2 Å². The number of hydrogen-bond donors (Lipinski definition) is 2. The van der Waals surface area contributed by atoms with Crippen LogP contribution in [0.4, 0.5) is 10.5 Å². The Labute approximate surface area is 203 Å². The Bertz CT molecular complexity index is 1160. The predicted octanol–water partition coefficient (Wildman–Crippen LogP) is 1.58. The van der Waals surface area contributed by atoms with Crippen LogP contribution in [0.2, 0.25) is 0 Å². The summed E-state index contributed by atoms with van der Waals surface area (Å²) in [5.74, 6) is -1.09. The van der Waals surface area contributed by atoms with Gasteiger partial charge in [-0.05, 0) is 45.4 Å². The number of benzene rings is 1. The second-order valence-electron chi connectivity index (χ2n) is 9.95. The van der Waals surface area contributed by atoms with E-state index in [1.807, 2.05) is 39.0 Å². The van der Waals surface area contributed by atoms with Crippen LogP contribution in [-0.2, 0) is 26.2 Å². The summed E-state index contributed by atoms with van der Waals surface area (Å²) in [7, 11) is 1.80. The summed E-state index contributed by atoms with van der Waals surface area (Å²) in [5.41, 5.74) is 1.69. The summed E-state index contributed by atoms with van der Waals surface area (Å²) in [5, 5.41) is 10.9. The number of carbonyl (C=O) groups is 4. The predicted molar refractivity (Wildman–Crippen MR) is 129 cm³/mol. The van der Waals surface area contributed by atoms with Gasteiger partial charge in [0.05, 0.1) is 23.7 Å². The van der Waals surface area contributed by atoms with Crippen LogP contribution in [0, 0.1) is 0 Å². The summed E-state index contributed by atoms with van der Waals surface area (Å²) in [6.45, 7) is 7.38. The third-order valence-electron chi connectivity index (χ3n) is 6.18. The zero-order valence-electron chi connectivity index (χ0n) is 20.6. The van der Waals surface area contributed by atoms with Crippen molar-refractivity contribution in [3.05, 3.63) is 23.9 Å². The van der Waals surface area contributed by atoms with E-state index >= 15 is 0 Å². The fourth-order valence-electron chi connectivity index (χ4n) is 4.36. The monoisotopic (exact) mass is 484 g/mol. The van der Waals surface area contributed by atoms with Gasteiger partial charge in [-0.3, -0.25) is 24.4 Å². The van der Waals surface area contributed by atoms with Crippen LogP contribution < -0.4 is 10.6 Å². The van der Waals surface area contributed by atoms with Gasteiger partial charge in [0.15, 0.2) is 0 Å². The first-order chi connectivity index (χ1) is 16.5. The maximum atomic E-state index is 12.7. The molecule has 4 rings (SSSR count). The molecular formula is C24H32N6O5. The summed E-state index contributed by atoms with van der Waals surface area (Å²) in [6.07, 6.45) is 0.373. The first kappa shape index (κ1) is 24.5. The van der Waals surface area contributed by atoms with Crippen LogP contribution in [0.15, 0.2) is 18.2 Å². The fraction of sp³-hybridized carbons (Fsp3) is 0.542. The van der Waals surface area contributed by atoms with Crippen molar-refractivity contribution in [1.29, 1.82) is 0 Å². The molecule has 0 radical (unpaired) electrons. The van der Waals surface area contributed by atoms with Crippen molar-refractivity contribution >= 4 is 40.4 Å². The third-order valence-corrected chi connectivity index (χ3v) is 6.18. The van der Waals surface area contributed by atoms with Gasteiger partial charge in [0.25, 0.3) is 0 Å². The van der Waals surface area contributed by atoms with Gasteiger partial charge >= 0.3 is 6.09 Å². The molecule has 1 unspecified atom stereocenters. The topological polar surface area (TPSA) is 126 Å². The quantitative estimate of drug-likeness (QED) is 0.631. The van der Waals surface area contributed by atoms with Crippen molar-refractivity contribution in [1.82, 2.24) is 24.9 Å². The van der Waals surface area contributed by atoms with E-state index in [2.05, 4.69) is 15.7 Å². The van der Waals surface area contributed by atoms with Crippen molar-refractivity contribution in [2.24, 2.45) is 7.05 Å². The van der Waals surface area contributed by atoms with Gasteiger partial charge in [0, 0.05) is 50.7 Å². The smallest absolute Gasteiger partial charge is 0.410 e. The molecule has 2 saturated heterocycles. The molecule has 0 spiro atoms. The number of aromatic nitrogens is 2. The third kappa shape index (κ3) is 5.55. The summed E-state index contributed by atoms with van der Waals surface area (Å²) < 4.78 is 7.11. The molecule has 11 nitrogen and oxygen atoms in total. The molecule has 2 N–H and O–H groups in total. The number of piperidine rings is 1. The Hall–Kier alpha value is -3.63. The van der Waals surface area contributed by atoms with E-state index in [4.69, 9.17) is 4.74 Å². The first-order valence-electron chi connectivity index (χ1n) is 11.8. The molecule has 0 aliphatic carbocycles. The molecule has 0 bridgehead atoms. The minimum atomic E-state index is -0.550. The van der Waals surface area contributed by atoms with Crippen LogP contribution in [0.25, 0.3) is 10.9 Å². The van der Waals surface area contributed by atoms with Gasteiger partial charge in [-0.15, -0.1) is 0 Å². The van der Waals surface area contributed by atoms with Gasteiger partial charge in [-0.25, -0.2) is 4.79 Å². The second kappa shape index (κ2) is 9.55. The highest BCUT2D eigenvalue weighted by atomic mass is 16.6. The molecule has 188 valence electrons. The van der Waals surface area contributed by atoms with E-state index in [0.29, 0.717) is 44.7 Å². The van der Waals surface area contributed by atoms with Gasteiger partial charge in [-0.1, -0.05) is 0 Å². The van der Waals surface area contributed by atoms with E-state index in [-0.39, 0.29) is 30.4 Å². The van der Waals surface area contributed by atoms with Crippen molar-refractivity contribution in [3.63, 3.8) is 0 Å². The molecule has 2 aromatic rings.